The smallest absolute Gasteiger partial charge is 0.197 e. The van der Waals surface area contributed by atoms with Crippen LogP contribution in [-0.4, -0.2) is 9.97 Å². The third kappa shape index (κ3) is 1.68. The molecule has 74 valence electrons. The van der Waals surface area contributed by atoms with Crippen LogP contribution in [0.4, 0.5) is 10.3 Å². The van der Waals surface area contributed by atoms with Gasteiger partial charge in [0.05, 0.1) is 0 Å². The Morgan fingerprint density at radius 2 is 1.36 bits per heavy atom. The van der Waals surface area contributed by atoms with Crippen molar-refractivity contribution in [2.75, 3.05) is 10.9 Å². The quantitative estimate of drug-likeness (QED) is 0.458. The molecule has 8 heteroatoms. The van der Waals surface area contributed by atoms with Crippen LogP contribution in [0.25, 0.3) is 11.4 Å². The first kappa shape index (κ1) is 9.34. The van der Waals surface area contributed by atoms with Crippen LogP contribution in [0, 0.1) is 0 Å². The van der Waals surface area contributed by atoms with Crippen molar-refractivity contribution in [2.24, 2.45) is 11.7 Å². The third-order valence-corrected chi connectivity index (χ3v) is 3.06. The second kappa shape index (κ2) is 3.88. The van der Waals surface area contributed by atoms with E-state index in [-0.39, 0.29) is 0 Å². The van der Waals surface area contributed by atoms with Gasteiger partial charge in [-0.25, -0.2) is 21.7 Å². The first-order valence-corrected chi connectivity index (χ1v) is 5.44. The summed E-state index contributed by atoms with van der Waals surface area (Å²) in [7, 11) is 0. The molecule has 0 unspecified atom stereocenters. The van der Waals surface area contributed by atoms with Crippen LogP contribution in [0.15, 0.2) is 10.8 Å². The van der Waals surface area contributed by atoms with Gasteiger partial charge in [-0.3, -0.25) is 10.9 Å². The van der Waals surface area contributed by atoms with Gasteiger partial charge in [0.2, 0.25) is 0 Å². The molecule has 0 radical (unpaired) electrons. The summed E-state index contributed by atoms with van der Waals surface area (Å²) in [6.07, 6.45) is 0. The molecule has 2 rings (SSSR count). The maximum Gasteiger partial charge on any atom is 0.197 e. The second-order valence-corrected chi connectivity index (χ2v) is 4.08. The van der Waals surface area contributed by atoms with Crippen molar-refractivity contribution in [1.29, 1.82) is 0 Å². The molecular weight excluding hydrogens is 220 g/mol. The maximum absolute atomic E-state index is 5.22. The molecule has 0 aromatic carbocycles. The molecule has 6 nitrogen and oxygen atoms in total. The Bertz CT molecular complexity index is 381. The van der Waals surface area contributed by atoms with Gasteiger partial charge in [-0.2, -0.15) is 0 Å². The number of anilines is 2. The molecule has 2 heterocycles. The molecule has 0 aliphatic carbocycles. The Labute approximate surface area is 87.9 Å². The van der Waals surface area contributed by atoms with E-state index < -0.39 is 0 Å². The topological polar surface area (TPSA) is 102 Å². The minimum atomic E-state index is 0.662. The summed E-state index contributed by atoms with van der Waals surface area (Å²) in [5.41, 5.74) is 6.55. The van der Waals surface area contributed by atoms with Gasteiger partial charge < -0.3 is 0 Å². The number of nitrogens with one attached hydrogen (secondary N) is 2. The summed E-state index contributed by atoms with van der Waals surface area (Å²) >= 11 is 2.85. The summed E-state index contributed by atoms with van der Waals surface area (Å²) in [5.74, 6) is 10.4. The van der Waals surface area contributed by atoms with Gasteiger partial charge in [-0.1, -0.05) is 0 Å². The minimum Gasteiger partial charge on any atom is -0.300 e. The van der Waals surface area contributed by atoms with Crippen LogP contribution in [-0.2, 0) is 0 Å². The summed E-state index contributed by atoms with van der Waals surface area (Å²) in [4.78, 5) is 8.41. The van der Waals surface area contributed by atoms with Gasteiger partial charge in [0.15, 0.2) is 10.3 Å². The predicted octanol–water partition coefficient (Wildman–Crippen LogP) is 0.838. The van der Waals surface area contributed by atoms with Crippen LogP contribution in [0.3, 0.4) is 0 Å². The fourth-order valence-electron chi connectivity index (χ4n) is 0.915. The van der Waals surface area contributed by atoms with Gasteiger partial charge in [-0.05, 0) is 0 Å². The zero-order chi connectivity index (χ0) is 9.97. The molecule has 0 saturated carbocycles. The molecular formula is C6H8N6S2. The molecule has 2 aromatic heterocycles. The molecule has 0 bridgehead atoms. The Morgan fingerprint density at radius 1 is 0.929 bits per heavy atom. The van der Waals surface area contributed by atoms with Gasteiger partial charge in [0, 0.05) is 10.8 Å². The van der Waals surface area contributed by atoms with E-state index in [1.807, 2.05) is 10.8 Å². The Kier molecular flexibility index (Phi) is 2.59. The average molecular weight is 228 g/mol. The number of nitrogen functional groups attached to an aromatic ring is 2. The van der Waals surface area contributed by atoms with Crippen molar-refractivity contribution in [2.45, 2.75) is 0 Å². The highest BCUT2D eigenvalue weighted by Gasteiger charge is 2.07. The van der Waals surface area contributed by atoms with E-state index in [9.17, 15) is 0 Å². The van der Waals surface area contributed by atoms with Crippen molar-refractivity contribution in [1.82, 2.24) is 9.97 Å². The number of rotatable bonds is 3. The molecule has 0 saturated heterocycles. The normalized spacial score (nSPS) is 10.1. The molecule has 0 amide bonds. The standard InChI is InChI=1S/C6H8N6S2/c7-11-5-9-3(1-13-5)4-2-14-6(10-4)12-8/h1-2H,7-8H2,(H,9,11)(H,10,12). The predicted molar refractivity (Wildman–Crippen MR) is 58.8 cm³/mol. The summed E-state index contributed by atoms with van der Waals surface area (Å²) < 4.78 is 0. The molecule has 0 aliphatic heterocycles. The van der Waals surface area contributed by atoms with E-state index >= 15 is 0 Å². The Morgan fingerprint density at radius 3 is 1.64 bits per heavy atom. The van der Waals surface area contributed by atoms with Crippen LogP contribution in [0.1, 0.15) is 0 Å². The van der Waals surface area contributed by atoms with Gasteiger partial charge in [0.1, 0.15) is 11.4 Å². The lowest BCUT2D eigenvalue weighted by molar-refractivity contribution is 1.25. The lowest BCUT2D eigenvalue weighted by atomic mass is 10.4. The van der Waals surface area contributed by atoms with Crippen molar-refractivity contribution in [3.63, 3.8) is 0 Å². The van der Waals surface area contributed by atoms with Gasteiger partial charge in [-0.15, -0.1) is 22.7 Å². The minimum absolute atomic E-state index is 0.662. The third-order valence-electron chi connectivity index (χ3n) is 1.52. The van der Waals surface area contributed by atoms with Crippen molar-refractivity contribution >= 4 is 32.9 Å². The monoisotopic (exact) mass is 228 g/mol. The lowest BCUT2D eigenvalue weighted by Crippen LogP contribution is -2.06. The molecule has 0 fully saturated rings. The lowest BCUT2D eigenvalue weighted by Gasteiger charge is -1.90. The number of hydrogen-bond acceptors (Lipinski definition) is 8. The van der Waals surface area contributed by atoms with E-state index in [0.29, 0.717) is 10.3 Å². The first-order valence-electron chi connectivity index (χ1n) is 3.68. The van der Waals surface area contributed by atoms with Crippen molar-refractivity contribution < 1.29 is 0 Å². The zero-order valence-corrected chi connectivity index (χ0v) is 8.65. The summed E-state index contributed by atoms with van der Waals surface area (Å²) in [6.45, 7) is 0. The number of hydrazine groups is 2. The first-order chi connectivity index (χ1) is 6.83. The number of thiazole rings is 2. The van der Waals surface area contributed by atoms with Gasteiger partial charge in [0.25, 0.3) is 0 Å². The number of nitrogens with two attached hydrogens (primary N) is 2. The maximum atomic E-state index is 5.22. The number of nitrogens with zero attached hydrogens (tertiary/aromatic N) is 2. The molecule has 2 aromatic rings. The highest BCUT2D eigenvalue weighted by Crippen LogP contribution is 2.26. The average Bonchev–Trinajstić information content (AvgIpc) is 2.86. The highest BCUT2D eigenvalue weighted by atomic mass is 32.1. The van der Waals surface area contributed by atoms with E-state index in [0.717, 1.165) is 11.4 Å². The molecule has 6 N–H and O–H groups in total. The highest BCUT2D eigenvalue weighted by molar-refractivity contribution is 7.14. The Hall–Kier alpha value is -1.22. The Balaban J connectivity index is 2.29. The zero-order valence-electron chi connectivity index (χ0n) is 7.02. The van der Waals surface area contributed by atoms with E-state index in [1.54, 1.807) is 0 Å². The fraction of sp³-hybridized carbons (Fsp3) is 0. The largest absolute Gasteiger partial charge is 0.300 e. The molecule has 0 atom stereocenters. The summed E-state index contributed by atoms with van der Waals surface area (Å²) in [5, 5.41) is 5.08. The SMILES string of the molecule is NNc1nc(-c2csc(NN)n2)cs1. The van der Waals surface area contributed by atoms with Gasteiger partial charge >= 0.3 is 0 Å². The van der Waals surface area contributed by atoms with E-state index in [1.165, 1.54) is 22.7 Å². The number of aromatic nitrogens is 2. The number of hydrogen-bond donors (Lipinski definition) is 4. The second-order valence-electron chi connectivity index (χ2n) is 2.36. The fourth-order valence-corrected chi connectivity index (χ4v) is 2.15. The van der Waals surface area contributed by atoms with Crippen molar-refractivity contribution in [3.05, 3.63) is 10.8 Å². The summed E-state index contributed by atoms with van der Waals surface area (Å²) in [6, 6.07) is 0. The van der Waals surface area contributed by atoms with Crippen LogP contribution < -0.4 is 22.5 Å². The molecule has 0 aliphatic rings. The van der Waals surface area contributed by atoms with Crippen LogP contribution in [0.2, 0.25) is 0 Å². The molecule has 0 spiro atoms. The van der Waals surface area contributed by atoms with E-state index in [4.69, 9.17) is 11.7 Å². The van der Waals surface area contributed by atoms with Crippen LogP contribution in [0.5, 0.6) is 0 Å². The van der Waals surface area contributed by atoms with Crippen molar-refractivity contribution in [3.8, 4) is 11.4 Å². The van der Waals surface area contributed by atoms with Crippen LogP contribution >= 0.6 is 22.7 Å². The molecule has 14 heavy (non-hydrogen) atoms. The van der Waals surface area contributed by atoms with E-state index in [2.05, 4.69) is 20.8 Å².